The molecule has 8 heteroatoms. The molecule has 1 fully saturated rings. The summed E-state index contributed by atoms with van der Waals surface area (Å²) < 4.78 is 24.6. The van der Waals surface area contributed by atoms with Gasteiger partial charge in [0.15, 0.2) is 11.6 Å². The van der Waals surface area contributed by atoms with Gasteiger partial charge in [0, 0.05) is 40.8 Å². The highest BCUT2D eigenvalue weighted by Crippen LogP contribution is 2.40. The van der Waals surface area contributed by atoms with Gasteiger partial charge in [-0.25, -0.2) is 14.4 Å². The number of rotatable bonds is 1. The summed E-state index contributed by atoms with van der Waals surface area (Å²) in [4.78, 5) is 9.01. The van der Waals surface area contributed by atoms with Gasteiger partial charge in [0.2, 0.25) is 0 Å². The standard InChI is InChI=1S/C24H23FN6O/c1-14-20-10-17(25)5-6-19(20)24-27-7-8-30(24)13-16-12-29-31(18-3-2-4-18)22(16)15-9-21(32-14)23(26)28-11-15/h5-12,14,18H,2-4,13H2,1H3,(H2,26,28). The lowest BCUT2D eigenvalue weighted by molar-refractivity contribution is 0.227. The van der Waals surface area contributed by atoms with Gasteiger partial charge >= 0.3 is 0 Å². The zero-order valence-electron chi connectivity index (χ0n) is 17.7. The van der Waals surface area contributed by atoms with E-state index in [4.69, 9.17) is 15.6 Å². The number of hydrogen-bond acceptors (Lipinski definition) is 5. The molecule has 1 aliphatic carbocycles. The lowest BCUT2D eigenvalue weighted by Gasteiger charge is -2.28. The summed E-state index contributed by atoms with van der Waals surface area (Å²) in [6.07, 6.45) is 10.4. The molecular weight excluding hydrogens is 407 g/mol. The van der Waals surface area contributed by atoms with E-state index in [1.54, 1.807) is 18.5 Å². The van der Waals surface area contributed by atoms with E-state index < -0.39 is 6.10 Å². The van der Waals surface area contributed by atoms with Crippen LogP contribution in [0.15, 0.2) is 49.1 Å². The number of imidazole rings is 1. The molecule has 6 rings (SSSR count). The summed E-state index contributed by atoms with van der Waals surface area (Å²) >= 11 is 0. The third-order valence-corrected chi connectivity index (χ3v) is 6.50. The number of ether oxygens (including phenoxy) is 1. The fourth-order valence-corrected chi connectivity index (χ4v) is 4.61. The van der Waals surface area contributed by atoms with Crippen molar-refractivity contribution in [2.75, 3.05) is 5.73 Å². The summed E-state index contributed by atoms with van der Waals surface area (Å²) in [5, 5.41) is 4.75. The van der Waals surface area contributed by atoms with E-state index in [2.05, 4.69) is 19.2 Å². The monoisotopic (exact) mass is 430 g/mol. The molecule has 0 radical (unpaired) electrons. The summed E-state index contributed by atoms with van der Waals surface area (Å²) in [5.41, 5.74) is 10.7. The van der Waals surface area contributed by atoms with Gasteiger partial charge in [0.25, 0.3) is 0 Å². The van der Waals surface area contributed by atoms with Crippen LogP contribution in [-0.2, 0) is 6.54 Å². The van der Waals surface area contributed by atoms with Gasteiger partial charge in [-0.15, -0.1) is 0 Å². The first-order chi connectivity index (χ1) is 15.6. The van der Waals surface area contributed by atoms with Crippen molar-refractivity contribution in [2.24, 2.45) is 0 Å². The van der Waals surface area contributed by atoms with Gasteiger partial charge in [-0.2, -0.15) is 5.10 Å². The zero-order valence-corrected chi connectivity index (χ0v) is 17.7. The van der Waals surface area contributed by atoms with Crippen LogP contribution >= 0.6 is 0 Å². The predicted molar refractivity (Wildman–Crippen MR) is 119 cm³/mol. The molecule has 32 heavy (non-hydrogen) atoms. The smallest absolute Gasteiger partial charge is 0.166 e. The number of anilines is 1. The van der Waals surface area contributed by atoms with Crippen molar-refractivity contribution in [3.05, 3.63) is 66.0 Å². The summed E-state index contributed by atoms with van der Waals surface area (Å²) in [5.74, 6) is 1.20. The van der Waals surface area contributed by atoms with E-state index >= 15 is 0 Å². The quantitative estimate of drug-likeness (QED) is 0.471. The molecule has 1 atom stereocenters. The first-order valence-electron chi connectivity index (χ1n) is 10.9. The Morgan fingerprint density at radius 2 is 2.03 bits per heavy atom. The van der Waals surface area contributed by atoms with Crippen molar-refractivity contribution in [3.63, 3.8) is 0 Å². The van der Waals surface area contributed by atoms with Crippen LogP contribution in [0.25, 0.3) is 22.6 Å². The second kappa shape index (κ2) is 7.19. The number of fused-ring (bicyclic) bond motifs is 7. The number of aromatic nitrogens is 5. The number of hydrogen-bond donors (Lipinski definition) is 1. The van der Waals surface area contributed by atoms with Crippen LogP contribution < -0.4 is 10.5 Å². The molecule has 162 valence electrons. The largest absolute Gasteiger partial charge is 0.482 e. The number of halogens is 1. The van der Waals surface area contributed by atoms with E-state index in [0.29, 0.717) is 29.7 Å². The number of nitrogens with two attached hydrogens (primary N) is 1. The van der Waals surface area contributed by atoms with Crippen molar-refractivity contribution in [3.8, 4) is 28.4 Å². The van der Waals surface area contributed by atoms with E-state index in [0.717, 1.165) is 41.1 Å². The minimum absolute atomic E-state index is 0.299. The Labute approximate surface area is 184 Å². The van der Waals surface area contributed by atoms with Gasteiger partial charge in [-0.05, 0) is 50.5 Å². The zero-order chi connectivity index (χ0) is 21.8. The first kappa shape index (κ1) is 19.0. The average Bonchev–Trinajstić information content (AvgIpc) is 3.35. The Bertz CT molecular complexity index is 1320. The normalized spacial score (nSPS) is 17.8. The SMILES string of the molecule is CC1Oc2cc(cnc2N)-c2c(cnn2C2CCC2)Cn2ccnc2-c2ccc(F)cc21. The molecular formula is C24H23FN6O. The van der Waals surface area contributed by atoms with Crippen molar-refractivity contribution in [2.45, 2.75) is 44.9 Å². The van der Waals surface area contributed by atoms with Crippen molar-refractivity contribution in [1.82, 2.24) is 24.3 Å². The number of nitrogen functional groups attached to an aromatic ring is 1. The van der Waals surface area contributed by atoms with Gasteiger partial charge in [0.1, 0.15) is 17.7 Å². The van der Waals surface area contributed by atoms with Gasteiger partial charge in [0.05, 0.1) is 24.5 Å². The maximum atomic E-state index is 14.2. The molecule has 1 saturated carbocycles. The highest BCUT2D eigenvalue weighted by molar-refractivity contribution is 5.68. The van der Waals surface area contributed by atoms with Gasteiger partial charge in [-0.1, -0.05) is 0 Å². The second-order valence-electron chi connectivity index (χ2n) is 8.53. The van der Waals surface area contributed by atoms with Gasteiger partial charge in [-0.3, -0.25) is 4.68 Å². The highest BCUT2D eigenvalue weighted by atomic mass is 19.1. The number of benzene rings is 1. The molecule has 0 spiro atoms. The third-order valence-electron chi connectivity index (χ3n) is 6.50. The highest BCUT2D eigenvalue weighted by Gasteiger charge is 2.27. The van der Waals surface area contributed by atoms with Crippen molar-refractivity contribution < 1.29 is 9.13 Å². The second-order valence-corrected chi connectivity index (χ2v) is 8.53. The molecule has 1 aromatic carbocycles. The minimum atomic E-state index is -0.458. The Morgan fingerprint density at radius 1 is 1.16 bits per heavy atom. The lowest BCUT2D eigenvalue weighted by Crippen LogP contribution is -2.19. The molecule has 2 N–H and O–H groups in total. The van der Waals surface area contributed by atoms with Crippen LogP contribution in [0, 0.1) is 5.82 Å². The topological polar surface area (TPSA) is 83.8 Å². The van der Waals surface area contributed by atoms with E-state index in [1.165, 1.54) is 18.6 Å². The van der Waals surface area contributed by atoms with Crippen LogP contribution in [0.5, 0.6) is 5.75 Å². The van der Waals surface area contributed by atoms with Gasteiger partial charge < -0.3 is 15.0 Å². The molecule has 3 aromatic heterocycles. The van der Waals surface area contributed by atoms with E-state index in [-0.39, 0.29) is 5.82 Å². The third kappa shape index (κ3) is 2.97. The van der Waals surface area contributed by atoms with E-state index in [1.807, 2.05) is 25.4 Å². The number of nitrogens with zero attached hydrogens (tertiary/aromatic N) is 5. The Morgan fingerprint density at radius 3 is 2.84 bits per heavy atom. The molecule has 7 nitrogen and oxygen atoms in total. The maximum Gasteiger partial charge on any atom is 0.166 e. The molecule has 1 aliphatic heterocycles. The fourth-order valence-electron chi connectivity index (χ4n) is 4.61. The maximum absolute atomic E-state index is 14.2. The molecule has 4 heterocycles. The molecule has 2 aliphatic rings. The summed E-state index contributed by atoms with van der Waals surface area (Å²) in [6, 6.07) is 7.01. The van der Waals surface area contributed by atoms with Crippen molar-refractivity contribution in [1.29, 1.82) is 0 Å². The molecule has 1 unspecified atom stereocenters. The Kier molecular flexibility index (Phi) is 4.28. The Balaban J connectivity index is 1.60. The Hall–Kier alpha value is -3.68. The molecule has 4 aromatic rings. The fraction of sp³-hybridized carbons (Fsp3) is 0.292. The molecule has 0 saturated heterocycles. The average molecular weight is 430 g/mol. The van der Waals surface area contributed by atoms with Crippen LogP contribution in [0.2, 0.25) is 0 Å². The molecule has 2 bridgehead atoms. The summed E-state index contributed by atoms with van der Waals surface area (Å²) in [6.45, 7) is 2.47. The van der Waals surface area contributed by atoms with Crippen LogP contribution in [0.4, 0.5) is 10.2 Å². The van der Waals surface area contributed by atoms with Crippen LogP contribution in [0.3, 0.4) is 0 Å². The van der Waals surface area contributed by atoms with Crippen LogP contribution in [0.1, 0.15) is 49.5 Å². The molecule has 0 amide bonds. The number of pyridine rings is 1. The first-order valence-corrected chi connectivity index (χ1v) is 10.9. The van der Waals surface area contributed by atoms with Crippen LogP contribution in [-0.4, -0.2) is 24.3 Å². The van der Waals surface area contributed by atoms with Crippen molar-refractivity contribution >= 4 is 5.82 Å². The minimum Gasteiger partial charge on any atom is -0.482 e. The summed E-state index contributed by atoms with van der Waals surface area (Å²) in [7, 11) is 0. The van der Waals surface area contributed by atoms with E-state index in [9.17, 15) is 4.39 Å². The predicted octanol–water partition coefficient (Wildman–Crippen LogP) is 4.76. The lowest BCUT2D eigenvalue weighted by atomic mass is 9.92.